The number of nitrogens with one attached hydrogen (secondary N) is 1. The van der Waals surface area contributed by atoms with Crippen LogP contribution in [0.15, 0.2) is 0 Å². The summed E-state index contributed by atoms with van der Waals surface area (Å²) in [6.45, 7) is 2.98. The molecule has 2 rings (SSSR count). The predicted octanol–water partition coefficient (Wildman–Crippen LogP) is 0.862. The quantitative estimate of drug-likeness (QED) is 0.788. The van der Waals surface area contributed by atoms with Crippen LogP contribution in [0.25, 0.3) is 0 Å². The Bertz CT molecular complexity index is 418. The highest BCUT2D eigenvalue weighted by molar-refractivity contribution is 5.81. The van der Waals surface area contributed by atoms with E-state index in [1.54, 1.807) is 4.90 Å². The monoisotopic (exact) mass is 296 g/mol. The second-order valence-corrected chi connectivity index (χ2v) is 6.24. The van der Waals surface area contributed by atoms with Gasteiger partial charge in [0.15, 0.2) is 0 Å². The van der Waals surface area contributed by atoms with Crippen molar-refractivity contribution in [3.63, 3.8) is 0 Å². The van der Waals surface area contributed by atoms with E-state index in [-0.39, 0.29) is 36.6 Å². The molecule has 0 aromatic heterocycles. The summed E-state index contributed by atoms with van der Waals surface area (Å²) in [5, 5.41) is 11.9. The van der Waals surface area contributed by atoms with Crippen LogP contribution in [-0.4, -0.2) is 47.4 Å². The van der Waals surface area contributed by atoms with Crippen LogP contribution in [0.1, 0.15) is 39.0 Å². The highest BCUT2D eigenvalue weighted by Crippen LogP contribution is 2.25. The molecular formula is C15H24N2O4. The Morgan fingerprint density at radius 1 is 1.19 bits per heavy atom. The standard InChI is InChI=1S/C15H24N2O4/c1-10-8-17(9-12(10)15(20)21)13(18)6-7-16-14(19)11-4-2-3-5-11/h10-12H,2-9H2,1H3,(H,16,19)(H,20,21)/t10-,12-/m1/s1. The summed E-state index contributed by atoms with van der Waals surface area (Å²) >= 11 is 0. The first-order valence-corrected chi connectivity index (χ1v) is 7.77. The van der Waals surface area contributed by atoms with E-state index in [4.69, 9.17) is 5.11 Å². The van der Waals surface area contributed by atoms with E-state index in [0.29, 0.717) is 13.1 Å². The number of carbonyl (C=O) groups is 3. The van der Waals surface area contributed by atoms with Gasteiger partial charge in [-0.15, -0.1) is 0 Å². The lowest BCUT2D eigenvalue weighted by atomic mass is 9.99. The van der Waals surface area contributed by atoms with E-state index < -0.39 is 11.9 Å². The van der Waals surface area contributed by atoms with Gasteiger partial charge in [0.1, 0.15) is 0 Å². The molecule has 2 atom stereocenters. The molecule has 2 fully saturated rings. The van der Waals surface area contributed by atoms with Gasteiger partial charge in [-0.05, 0) is 18.8 Å². The molecule has 0 radical (unpaired) electrons. The lowest BCUT2D eigenvalue weighted by Gasteiger charge is -2.16. The minimum atomic E-state index is -0.840. The number of likely N-dealkylation sites (tertiary alicyclic amines) is 1. The van der Waals surface area contributed by atoms with Gasteiger partial charge in [-0.25, -0.2) is 0 Å². The highest BCUT2D eigenvalue weighted by Gasteiger charge is 2.36. The number of hydrogen-bond donors (Lipinski definition) is 2. The number of nitrogens with zero attached hydrogens (tertiary/aromatic N) is 1. The first-order chi connectivity index (χ1) is 9.99. The molecule has 1 saturated heterocycles. The van der Waals surface area contributed by atoms with Crippen LogP contribution in [0, 0.1) is 17.8 Å². The minimum absolute atomic E-state index is 0.0143. The molecule has 6 nitrogen and oxygen atoms in total. The highest BCUT2D eigenvalue weighted by atomic mass is 16.4. The van der Waals surface area contributed by atoms with Gasteiger partial charge in [-0.2, -0.15) is 0 Å². The summed E-state index contributed by atoms with van der Waals surface area (Å²) in [5.41, 5.74) is 0. The fraction of sp³-hybridized carbons (Fsp3) is 0.800. The molecule has 0 unspecified atom stereocenters. The molecule has 1 heterocycles. The van der Waals surface area contributed by atoms with Crippen molar-refractivity contribution in [3.8, 4) is 0 Å². The number of carboxylic acids is 1. The van der Waals surface area contributed by atoms with Crippen molar-refractivity contribution >= 4 is 17.8 Å². The summed E-state index contributed by atoms with van der Waals surface area (Å²) in [4.78, 5) is 36.5. The normalized spacial score (nSPS) is 26.0. The van der Waals surface area contributed by atoms with Crippen LogP contribution >= 0.6 is 0 Å². The second-order valence-electron chi connectivity index (χ2n) is 6.24. The van der Waals surface area contributed by atoms with Crippen molar-refractivity contribution in [2.45, 2.75) is 39.0 Å². The fourth-order valence-corrected chi connectivity index (χ4v) is 3.27. The molecule has 1 aliphatic heterocycles. The molecular weight excluding hydrogens is 272 g/mol. The van der Waals surface area contributed by atoms with E-state index in [2.05, 4.69) is 5.32 Å². The summed E-state index contributed by atoms with van der Waals surface area (Å²) in [5.74, 6) is -1.23. The van der Waals surface area contributed by atoms with Crippen molar-refractivity contribution < 1.29 is 19.5 Å². The van der Waals surface area contributed by atoms with Gasteiger partial charge in [-0.3, -0.25) is 14.4 Å². The van der Waals surface area contributed by atoms with Crippen molar-refractivity contribution in [1.82, 2.24) is 10.2 Å². The summed E-state index contributed by atoms with van der Waals surface area (Å²) in [6, 6.07) is 0. The van der Waals surface area contributed by atoms with Crippen molar-refractivity contribution in [3.05, 3.63) is 0 Å². The van der Waals surface area contributed by atoms with Gasteiger partial charge in [0.25, 0.3) is 0 Å². The number of rotatable bonds is 5. The molecule has 2 N–H and O–H groups in total. The maximum Gasteiger partial charge on any atom is 0.308 e. The zero-order valence-corrected chi connectivity index (χ0v) is 12.5. The van der Waals surface area contributed by atoms with E-state index in [9.17, 15) is 14.4 Å². The summed E-state index contributed by atoms with van der Waals surface area (Å²) in [6.07, 6.45) is 4.36. The maximum absolute atomic E-state index is 12.0. The van der Waals surface area contributed by atoms with Gasteiger partial charge in [-0.1, -0.05) is 19.8 Å². The number of hydrogen-bond acceptors (Lipinski definition) is 3. The molecule has 1 saturated carbocycles. The lowest BCUT2D eigenvalue weighted by molar-refractivity contribution is -0.142. The van der Waals surface area contributed by atoms with Crippen LogP contribution in [0.3, 0.4) is 0 Å². The lowest BCUT2D eigenvalue weighted by Crippen LogP contribution is -2.35. The molecule has 21 heavy (non-hydrogen) atoms. The third kappa shape index (κ3) is 3.95. The topological polar surface area (TPSA) is 86.7 Å². The smallest absolute Gasteiger partial charge is 0.308 e. The second kappa shape index (κ2) is 6.91. The zero-order chi connectivity index (χ0) is 15.4. The molecule has 0 aromatic carbocycles. The Balaban J connectivity index is 1.70. The molecule has 2 aliphatic rings. The number of carboxylic acid groups (broad SMARTS) is 1. The van der Waals surface area contributed by atoms with E-state index in [1.807, 2.05) is 6.92 Å². The van der Waals surface area contributed by atoms with E-state index in [1.165, 1.54) is 0 Å². The Hall–Kier alpha value is -1.59. The van der Waals surface area contributed by atoms with Gasteiger partial charge < -0.3 is 15.3 Å². The van der Waals surface area contributed by atoms with E-state index >= 15 is 0 Å². The van der Waals surface area contributed by atoms with Crippen LogP contribution in [0.2, 0.25) is 0 Å². The van der Waals surface area contributed by atoms with Crippen LogP contribution in [-0.2, 0) is 14.4 Å². The summed E-state index contributed by atoms with van der Waals surface area (Å²) < 4.78 is 0. The minimum Gasteiger partial charge on any atom is -0.481 e. The third-order valence-electron chi connectivity index (χ3n) is 4.65. The first-order valence-electron chi connectivity index (χ1n) is 7.77. The van der Waals surface area contributed by atoms with Crippen molar-refractivity contribution in [2.75, 3.05) is 19.6 Å². The third-order valence-corrected chi connectivity index (χ3v) is 4.65. The van der Waals surface area contributed by atoms with Gasteiger partial charge in [0, 0.05) is 32.0 Å². The Labute approximate surface area is 124 Å². The molecule has 0 spiro atoms. The number of amides is 2. The largest absolute Gasteiger partial charge is 0.481 e. The summed E-state index contributed by atoms with van der Waals surface area (Å²) in [7, 11) is 0. The predicted molar refractivity (Wildman–Crippen MR) is 76.5 cm³/mol. The molecule has 1 aliphatic carbocycles. The van der Waals surface area contributed by atoms with Crippen LogP contribution in [0.4, 0.5) is 0 Å². The number of carbonyl (C=O) groups excluding carboxylic acids is 2. The maximum atomic E-state index is 12.0. The Morgan fingerprint density at radius 2 is 1.86 bits per heavy atom. The molecule has 118 valence electrons. The van der Waals surface area contributed by atoms with E-state index in [0.717, 1.165) is 25.7 Å². The van der Waals surface area contributed by atoms with Gasteiger partial charge in [0.05, 0.1) is 5.92 Å². The van der Waals surface area contributed by atoms with Gasteiger partial charge >= 0.3 is 5.97 Å². The SMILES string of the molecule is C[C@@H]1CN(C(=O)CCNC(=O)C2CCCC2)C[C@H]1C(=O)O. The fourth-order valence-electron chi connectivity index (χ4n) is 3.27. The average molecular weight is 296 g/mol. The first kappa shape index (κ1) is 15.8. The molecule has 6 heteroatoms. The Kier molecular flexibility index (Phi) is 5.20. The van der Waals surface area contributed by atoms with Crippen molar-refractivity contribution in [2.24, 2.45) is 17.8 Å². The molecule has 0 bridgehead atoms. The molecule has 2 amide bonds. The average Bonchev–Trinajstić information content (AvgIpc) is 3.07. The number of aliphatic carboxylic acids is 1. The van der Waals surface area contributed by atoms with Crippen LogP contribution < -0.4 is 5.32 Å². The molecule has 0 aromatic rings. The Morgan fingerprint density at radius 3 is 2.43 bits per heavy atom. The zero-order valence-electron chi connectivity index (χ0n) is 12.5. The van der Waals surface area contributed by atoms with Crippen LogP contribution in [0.5, 0.6) is 0 Å². The van der Waals surface area contributed by atoms with Crippen molar-refractivity contribution in [1.29, 1.82) is 0 Å². The van der Waals surface area contributed by atoms with Gasteiger partial charge in [0.2, 0.25) is 11.8 Å².